The monoisotopic (exact) mass is 360 g/mol. The third kappa shape index (κ3) is 3.70. The fourth-order valence-corrected chi connectivity index (χ4v) is 3.33. The van der Waals surface area contributed by atoms with E-state index in [0.717, 1.165) is 20.7 Å². The first kappa shape index (κ1) is 14.8. The van der Waals surface area contributed by atoms with E-state index in [0.29, 0.717) is 11.4 Å². The molecule has 2 rings (SSSR count). The highest BCUT2D eigenvalue weighted by Crippen LogP contribution is 2.30. The van der Waals surface area contributed by atoms with Crippen molar-refractivity contribution in [3.63, 3.8) is 0 Å². The molecule has 0 saturated carbocycles. The van der Waals surface area contributed by atoms with Crippen molar-refractivity contribution in [3.05, 3.63) is 49.6 Å². The summed E-state index contributed by atoms with van der Waals surface area (Å²) in [4.78, 5) is 0. The molecule has 0 amide bonds. The lowest BCUT2D eigenvalue weighted by atomic mass is 10.0. The average Bonchev–Trinajstić information content (AvgIpc) is 2.82. The fourth-order valence-electron chi connectivity index (χ4n) is 1.91. The Morgan fingerprint density at radius 1 is 1.47 bits per heavy atom. The quantitative estimate of drug-likeness (QED) is 0.627. The number of hydrogen-bond donors (Lipinski definition) is 2. The van der Waals surface area contributed by atoms with Crippen LogP contribution in [0.5, 0.6) is 5.75 Å². The third-order valence-corrected chi connectivity index (χ3v) is 4.62. The number of hydrazine groups is 1. The Bertz CT molecular complexity index is 561. The van der Waals surface area contributed by atoms with Crippen molar-refractivity contribution in [1.29, 1.82) is 0 Å². The topological polar surface area (TPSA) is 47.3 Å². The van der Waals surface area contributed by atoms with Crippen LogP contribution < -0.4 is 16.0 Å². The summed E-state index contributed by atoms with van der Waals surface area (Å²) in [5.41, 5.74) is 5.01. The summed E-state index contributed by atoms with van der Waals surface area (Å²) in [7, 11) is 1.65. The zero-order valence-electron chi connectivity index (χ0n) is 10.3. The molecule has 0 aliphatic carbocycles. The van der Waals surface area contributed by atoms with E-state index in [2.05, 4.69) is 32.8 Å². The molecule has 1 aromatic heterocycles. The summed E-state index contributed by atoms with van der Waals surface area (Å²) >= 11 is 11.1. The van der Waals surface area contributed by atoms with Crippen molar-refractivity contribution in [1.82, 2.24) is 5.43 Å². The highest BCUT2D eigenvalue weighted by atomic mass is 79.9. The number of halogens is 2. The number of rotatable bonds is 5. The Labute approximate surface area is 129 Å². The largest absolute Gasteiger partial charge is 0.496 e. The van der Waals surface area contributed by atoms with Crippen LogP contribution in [0.2, 0.25) is 5.02 Å². The van der Waals surface area contributed by atoms with Gasteiger partial charge < -0.3 is 4.74 Å². The van der Waals surface area contributed by atoms with Gasteiger partial charge in [-0.1, -0.05) is 11.6 Å². The second kappa shape index (κ2) is 6.72. The Kier molecular flexibility index (Phi) is 5.24. The van der Waals surface area contributed by atoms with Gasteiger partial charge in [-0.3, -0.25) is 11.3 Å². The zero-order chi connectivity index (χ0) is 13.8. The minimum Gasteiger partial charge on any atom is -0.496 e. The van der Waals surface area contributed by atoms with Crippen LogP contribution in [0.3, 0.4) is 0 Å². The lowest BCUT2D eigenvalue weighted by Crippen LogP contribution is -2.29. The summed E-state index contributed by atoms with van der Waals surface area (Å²) in [6.45, 7) is 0. The highest BCUT2D eigenvalue weighted by molar-refractivity contribution is 9.11. The minimum atomic E-state index is 0.0231. The predicted molar refractivity (Wildman–Crippen MR) is 83.8 cm³/mol. The van der Waals surface area contributed by atoms with Crippen LogP contribution in [0.25, 0.3) is 0 Å². The van der Waals surface area contributed by atoms with Crippen molar-refractivity contribution in [3.8, 4) is 5.75 Å². The molecule has 1 atom stereocenters. The molecular formula is C13H14BrClN2OS. The summed E-state index contributed by atoms with van der Waals surface area (Å²) in [5.74, 6) is 6.48. The van der Waals surface area contributed by atoms with Crippen molar-refractivity contribution >= 4 is 38.9 Å². The molecule has 102 valence electrons. The Morgan fingerprint density at radius 2 is 2.26 bits per heavy atom. The molecule has 3 N–H and O–H groups in total. The molecule has 0 saturated heterocycles. The van der Waals surface area contributed by atoms with Crippen LogP contribution >= 0.6 is 38.9 Å². The van der Waals surface area contributed by atoms with Crippen LogP contribution in [-0.4, -0.2) is 7.11 Å². The van der Waals surface area contributed by atoms with Crippen molar-refractivity contribution in [2.75, 3.05) is 7.11 Å². The van der Waals surface area contributed by atoms with Gasteiger partial charge in [-0.2, -0.15) is 0 Å². The Hall–Kier alpha value is -0.590. The van der Waals surface area contributed by atoms with E-state index in [1.54, 1.807) is 18.4 Å². The van der Waals surface area contributed by atoms with E-state index < -0.39 is 0 Å². The molecule has 19 heavy (non-hydrogen) atoms. The fraction of sp³-hybridized carbons (Fsp3) is 0.231. The summed E-state index contributed by atoms with van der Waals surface area (Å²) in [5, 5.41) is 2.77. The first-order chi connectivity index (χ1) is 9.13. The number of methoxy groups -OCH3 is 1. The second-order valence-corrected chi connectivity index (χ2v) is 6.79. The number of thiophene rings is 1. The van der Waals surface area contributed by atoms with Gasteiger partial charge in [-0.05, 0) is 63.1 Å². The Balaban J connectivity index is 2.25. The van der Waals surface area contributed by atoms with E-state index in [4.69, 9.17) is 22.2 Å². The lowest BCUT2D eigenvalue weighted by molar-refractivity contribution is 0.405. The summed E-state index contributed by atoms with van der Waals surface area (Å²) < 4.78 is 6.44. The third-order valence-electron chi connectivity index (χ3n) is 2.86. The van der Waals surface area contributed by atoms with Gasteiger partial charge in [0.1, 0.15) is 5.75 Å². The van der Waals surface area contributed by atoms with Gasteiger partial charge in [0.2, 0.25) is 0 Å². The molecule has 0 radical (unpaired) electrons. The highest BCUT2D eigenvalue weighted by Gasteiger charge is 2.15. The van der Waals surface area contributed by atoms with E-state index in [-0.39, 0.29) is 6.04 Å². The van der Waals surface area contributed by atoms with Gasteiger partial charge in [-0.25, -0.2) is 0 Å². The summed E-state index contributed by atoms with van der Waals surface area (Å²) in [6, 6.07) is 7.68. The van der Waals surface area contributed by atoms with Gasteiger partial charge in [-0.15, -0.1) is 11.3 Å². The van der Waals surface area contributed by atoms with E-state index >= 15 is 0 Å². The maximum Gasteiger partial charge on any atom is 0.122 e. The zero-order valence-corrected chi connectivity index (χ0v) is 13.5. The lowest BCUT2D eigenvalue weighted by Gasteiger charge is -2.17. The van der Waals surface area contributed by atoms with Gasteiger partial charge >= 0.3 is 0 Å². The van der Waals surface area contributed by atoms with Crippen molar-refractivity contribution < 1.29 is 4.74 Å². The molecule has 0 aliphatic heterocycles. The standard InChI is InChI=1S/C13H14BrClN2OS/c1-18-12-3-2-10(15)4-8(12)5-11(17-16)9-6-13(14)19-7-9/h2-4,6-7,11,17H,5,16H2,1H3. The van der Waals surface area contributed by atoms with Crippen LogP contribution in [0.1, 0.15) is 17.2 Å². The SMILES string of the molecule is COc1ccc(Cl)cc1CC(NN)c1csc(Br)c1. The average molecular weight is 362 g/mol. The number of nitrogens with one attached hydrogen (secondary N) is 1. The maximum atomic E-state index is 6.04. The van der Waals surface area contributed by atoms with Gasteiger partial charge in [0.25, 0.3) is 0 Å². The van der Waals surface area contributed by atoms with Crippen molar-refractivity contribution in [2.45, 2.75) is 12.5 Å². The van der Waals surface area contributed by atoms with Gasteiger partial charge in [0, 0.05) is 5.02 Å². The smallest absolute Gasteiger partial charge is 0.122 e. The molecule has 0 bridgehead atoms. The van der Waals surface area contributed by atoms with Crippen molar-refractivity contribution in [2.24, 2.45) is 5.84 Å². The Morgan fingerprint density at radius 3 is 2.84 bits per heavy atom. The number of nitrogens with two attached hydrogens (primary N) is 1. The van der Waals surface area contributed by atoms with Gasteiger partial charge in [0.05, 0.1) is 16.9 Å². The normalized spacial score (nSPS) is 12.4. The first-order valence-corrected chi connectivity index (χ1v) is 7.71. The molecule has 0 fully saturated rings. The second-order valence-electron chi connectivity index (χ2n) is 4.06. The first-order valence-electron chi connectivity index (χ1n) is 5.66. The summed E-state index contributed by atoms with van der Waals surface area (Å²) in [6.07, 6.45) is 0.712. The van der Waals surface area contributed by atoms with Crippen LogP contribution in [0, 0.1) is 0 Å². The van der Waals surface area contributed by atoms with Crippen LogP contribution in [0.4, 0.5) is 0 Å². The molecule has 0 spiro atoms. The molecule has 1 unspecified atom stereocenters. The molecule has 0 aliphatic rings. The molecule has 1 heterocycles. The van der Waals surface area contributed by atoms with Crippen LogP contribution in [-0.2, 0) is 6.42 Å². The predicted octanol–water partition coefficient (Wildman–Crippen LogP) is 3.92. The van der Waals surface area contributed by atoms with E-state index in [9.17, 15) is 0 Å². The minimum absolute atomic E-state index is 0.0231. The molecule has 6 heteroatoms. The number of hydrogen-bond acceptors (Lipinski definition) is 4. The van der Waals surface area contributed by atoms with E-state index in [1.165, 1.54) is 0 Å². The molecule has 1 aromatic carbocycles. The molecule has 3 nitrogen and oxygen atoms in total. The number of ether oxygens (including phenoxy) is 1. The molecule has 2 aromatic rings. The van der Waals surface area contributed by atoms with Gasteiger partial charge in [0.15, 0.2) is 0 Å². The van der Waals surface area contributed by atoms with Crippen LogP contribution in [0.15, 0.2) is 33.4 Å². The van der Waals surface area contributed by atoms with E-state index in [1.807, 2.05) is 18.2 Å². The maximum absolute atomic E-state index is 6.04. The number of benzene rings is 1. The molecular weight excluding hydrogens is 348 g/mol.